The van der Waals surface area contributed by atoms with E-state index in [0.717, 1.165) is 18.5 Å². The molecule has 5 nitrogen and oxygen atoms in total. The number of benzene rings is 1. The monoisotopic (exact) mass is 279 g/mol. The molecule has 0 saturated carbocycles. The molecule has 0 radical (unpaired) electrons. The Morgan fingerprint density at radius 2 is 2.20 bits per heavy atom. The maximum atomic E-state index is 13.3. The maximum Gasteiger partial charge on any atom is 0.145 e. The highest BCUT2D eigenvalue weighted by atomic mass is 19.1. The number of hydrogen-bond donors (Lipinski definition) is 1. The second-order valence-electron chi connectivity index (χ2n) is 4.51. The fourth-order valence-corrected chi connectivity index (χ4v) is 1.75. The summed E-state index contributed by atoms with van der Waals surface area (Å²) in [5.41, 5.74) is 2.12. The van der Waals surface area contributed by atoms with Crippen LogP contribution in [-0.4, -0.2) is 16.9 Å². The predicted molar refractivity (Wildman–Crippen MR) is 71.8 cm³/mol. The molecule has 0 saturated heterocycles. The molecule has 108 valence electrons. The smallest absolute Gasteiger partial charge is 0.145 e. The molecule has 0 aliphatic heterocycles. The Hall–Kier alpha value is -1.95. The number of ether oxygens (including phenoxy) is 1. The summed E-state index contributed by atoms with van der Waals surface area (Å²) in [7, 11) is 0. The van der Waals surface area contributed by atoms with Crippen LogP contribution >= 0.6 is 0 Å². The summed E-state index contributed by atoms with van der Waals surface area (Å²) >= 11 is 0. The van der Waals surface area contributed by atoms with E-state index in [0.29, 0.717) is 23.7 Å². The van der Waals surface area contributed by atoms with Crippen molar-refractivity contribution >= 4 is 0 Å². The molecule has 0 aliphatic rings. The highest BCUT2D eigenvalue weighted by Gasteiger charge is 2.09. The molecule has 0 spiro atoms. The van der Waals surface area contributed by atoms with E-state index in [1.54, 1.807) is 13.0 Å². The molecule has 1 heterocycles. The molecule has 1 N–H and O–H groups in total. The summed E-state index contributed by atoms with van der Waals surface area (Å²) in [6.07, 6.45) is 1.02. The van der Waals surface area contributed by atoms with Crippen molar-refractivity contribution < 1.29 is 13.8 Å². The van der Waals surface area contributed by atoms with Crippen LogP contribution in [0.3, 0.4) is 0 Å². The number of nitrogens with one attached hydrogen (secondary N) is 1. The van der Waals surface area contributed by atoms with Crippen molar-refractivity contribution in [2.24, 2.45) is 0 Å². The lowest BCUT2D eigenvalue weighted by Crippen LogP contribution is -2.15. The third-order valence-electron chi connectivity index (χ3n) is 2.88. The number of hydrogen-bond acceptors (Lipinski definition) is 5. The van der Waals surface area contributed by atoms with Gasteiger partial charge in [0.15, 0.2) is 0 Å². The van der Waals surface area contributed by atoms with Crippen LogP contribution in [0.2, 0.25) is 0 Å². The minimum Gasteiger partial charge on any atom is -0.487 e. The second-order valence-corrected chi connectivity index (χ2v) is 4.51. The van der Waals surface area contributed by atoms with Gasteiger partial charge in [0.2, 0.25) is 0 Å². The van der Waals surface area contributed by atoms with Gasteiger partial charge < -0.3 is 10.1 Å². The first-order valence-corrected chi connectivity index (χ1v) is 6.60. The summed E-state index contributed by atoms with van der Waals surface area (Å²) < 4.78 is 23.6. The molecular weight excluding hydrogens is 261 g/mol. The third-order valence-corrected chi connectivity index (χ3v) is 2.88. The van der Waals surface area contributed by atoms with E-state index in [4.69, 9.17) is 4.74 Å². The largest absolute Gasteiger partial charge is 0.487 e. The zero-order chi connectivity index (χ0) is 14.4. The molecule has 2 aromatic rings. The topological polar surface area (TPSA) is 60.2 Å². The first-order chi connectivity index (χ1) is 9.70. The zero-order valence-electron chi connectivity index (χ0n) is 11.6. The van der Waals surface area contributed by atoms with Crippen LogP contribution in [0.15, 0.2) is 22.8 Å². The van der Waals surface area contributed by atoms with E-state index in [-0.39, 0.29) is 12.4 Å². The van der Waals surface area contributed by atoms with E-state index in [1.165, 1.54) is 12.1 Å². The molecule has 0 bridgehead atoms. The van der Waals surface area contributed by atoms with E-state index in [9.17, 15) is 4.39 Å². The highest BCUT2D eigenvalue weighted by molar-refractivity contribution is 5.34. The first-order valence-electron chi connectivity index (χ1n) is 6.60. The Morgan fingerprint density at radius 1 is 1.35 bits per heavy atom. The van der Waals surface area contributed by atoms with Gasteiger partial charge in [-0.3, -0.25) is 0 Å². The fourth-order valence-electron chi connectivity index (χ4n) is 1.75. The van der Waals surface area contributed by atoms with Crippen molar-refractivity contribution in [2.75, 3.05) is 6.54 Å². The van der Waals surface area contributed by atoms with Gasteiger partial charge in [-0.05, 0) is 38.1 Å². The lowest BCUT2D eigenvalue weighted by atomic mass is 10.2. The van der Waals surface area contributed by atoms with Gasteiger partial charge in [-0.2, -0.15) is 0 Å². The molecule has 0 unspecified atom stereocenters. The van der Waals surface area contributed by atoms with Crippen LogP contribution in [0.25, 0.3) is 0 Å². The van der Waals surface area contributed by atoms with E-state index >= 15 is 0 Å². The van der Waals surface area contributed by atoms with Gasteiger partial charge in [-0.1, -0.05) is 17.2 Å². The Kier molecular flexibility index (Phi) is 5.06. The Balaban J connectivity index is 2.04. The van der Waals surface area contributed by atoms with Crippen LogP contribution in [0.5, 0.6) is 5.75 Å². The number of rotatable bonds is 7. The number of aryl methyl sites for hydroxylation is 1. The van der Waals surface area contributed by atoms with Gasteiger partial charge in [0.25, 0.3) is 0 Å². The van der Waals surface area contributed by atoms with Gasteiger partial charge in [0, 0.05) is 12.1 Å². The quantitative estimate of drug-likeness (QED) is 0.789. The van der Waals surface area contributed by atoms with Gasteiger partial charge >= 0.3 is 0 Å². The van der Waals surface area contributed by atoms with E-state index in [2.05, 4.69) is 27.2 Å². The molecule has 0 fully saturated rings. The SMILES string of the molecule is CCCNCc1cc(F)ccc1OCc1nonc1C. The lowest BCUT2D eigenvalue weighted by Gasteiger charge is -2.11. The standard InChI is InChI=1S/C14H18FN3O2/c1-3-6-16-8-11-7-12(15)4-5-14(11)19-9-13-10(2)17-20-18-13/h4-5,7,16H,3,6,8-9H2,1-2H3. The molecule has 0 atom stereocenters. The fraction of sp³-hybridized carbons (Fsp3) is 0.429. The zero-order valence-corrected chi connectivity index (χ0v) is 11.6. The molecule has 6 heteroatoms. The van der Waals surface area contributed by atoms with Crippen LogP contribution < -0.4 is 10.1 Å². The molecule has 2 rings (SSSR count). The first kappa shape index (κ1) is 14.5. The van der Waals surface area contributed by atoms with Gasteiger partial charge in [0.1, 0.15) is 29.6 Å². The van der Waals surface area contributed by atoms with E-state index < -0.39 is 0 Å². The van der Waals surface area contributed by atoms with Crippen LogP contribution in [0, 0.1) is 12.7 Å². The van der Waals surface area contributed by atoms with Crippen molar-refractivity contribution in [1.82, 2.24) is 15.6 Å². The van der Waals surface area contributed by atoms with Crippen LogP contribution in [0.4, 0.5) is 4.39 Å². The molecule has 0 aliphatic carbocycles. The minimum atomic E-state index is -0.273. The van der Waals surface area contributed by atoms with Gasteiger partial charge in [-0.25, -0.2) is 9.02 Å². The average molecular weight is 279 g/mol. The molecule has 1 aromatic heterocycles. The maximum absolute atomic E-state index is 13.3. The van der Waals surface area contributed by atoms with Crippen molar-refractivity contribution in [1.29, 1.82) is 0 Å². The Labute approximate surface area is 117 Å². The summed E-state index contributed by atoms with van der Waals surface area (Å²) in [4.78, 5) is 0. The number of nitrogens with zero attached hydrogens (tertiary/aromatic N) is 2. The van der Waals surface area contributed by atoms with Crippen molar-refractivity contribution in [2.45, 2.75) is 33.4 Å². The second kappa shape index (κ2) is 7.00. The highest BCUT2D eigenvalue weighted by Crippen LogP contribution is 2.21. The molecule has 1 aromatic carbocycles. The summed E-state index contributed by atoms with van der Waals surface area (Å²) in [5, 5.41) is 10.7. The van der Waals surface area contributed by atoms with Gasteiger partial charge in [0.05, 0.1) is 0 Å². The number of halogens is 1. The summed E-state index contributed by atoms with van der Waals surface area (Å²) in [6, 6.07) is 4.49. The number of aromatic nitrogens is 2. The van der Waals surface area contributed by atoms with E-state index in [1.807, 2.05) is 0 Å². The Bertz CT molecular complexity index is 557. The summed E-state index contributed by atoms with van der Waals surface area (Å²) in [6.45, 7) is 5.57. The Morgan fingerprint density at radius 3 is 2.90 bits per heavy atom. The predicted octanol–water partition coefficient (Wildman–Crippen LogP) is 2.60. The lowest BCUT2D eigenvalue weighted by molar-refractivity contribution is 0.268. The third kappa shape index (κ3) is 3.77. The summed E-state index contributed by atoms with van der Waals surface area (Å²) in [5.74, 6) is 0.363. The molecule has 0 amide bonds. The van der Waals surface area contributed by atoms with Crippen molar-refractivity contribution in [3.05, 3.63) is 41.0 Å². The van der Waals surface area contributed by atoms with Crippen LogP contribution in [0.1, 0.15) is 30.3 Å². The van der Waals surface area contributed by atoms with Gasteiger partial charge in [-0.15, -0.1) is 0 Å². The van der Waals surface area contributed by atoms with Crippen LogP contribution in [-0.2, 0) is 13.2 Å². The normalized spacial score (nSPS) is 10.8. The molecular formula is C14H18FN3O2. The van der Waals surface area contributed by atoms with Crippen molar-refractivity contribution in [3.8, 4) is 5.75 Å². The molecule has 20 heavy (non-hydrogen) atoms. The average Bonchev–Trinajstić information content (AvgIpc) is 2.84. The minimum absolute atomic E-state index is 0.252. The van der Waals surface area contributed by atoms with Crippen molar-refractivity contribution in [3.63, 3.8) is 0 Å².